The molecule has 0 unspecified atom stereocenters. The van der Waals surface area contributed by atoms with Crippen molar-refractivity contribution in [1.29, 1.82) is 0 Å². The Balaban J connectivity index is 1.80. The van der Waals surface area contributed by atoms with E-state index in [0.29, 0.717) is 11.8 Å². The van der Waals surface area contributed by atoms with Crippen molar-refractivity contribution in [3.8, 4) is 11.6 Å². The molecule has 0 atom stereocenters. The highest BCUT2D eigenvalue weighted by Gasteiger charge is 2.10. The number of thioether (sulfide) groups is 1. The monoisotopic (exact) mass is 364 g/mol. The highest BCUT2D eigenvalue weighted by atomic mass is 32.2. The Morgan fingerprint density at radius 2 is 1.69 bits per heavy atom. The van der Waals surface area contributed by atoms with E-state index < -0.39 is 0 Å². The molecule has 0 aliphatic rings. The molecule has 0 bridgehead atoms. The lowest BCUT2D eigenvalue weighted by Gasteiger charge is -2.11. The van der Waals surface area contributed by atoms with Crippen LogP contribution in [0.4, 0.5) is 0 Å². The quantitative estimate of drug-likeness (QED) is 0.380. The van der Waals surface area contributed by atoms with Crippen molar-refractivity contribution >= 4 is 11.8 Å². The number of rotatable bonds is 6. The van der Waals surface area contributed by atoms with Gasteiger partial charge in [-0.25, -0.2) is 4.98 Å². The van der Waals surface area contributed by atoms with E-state index in [0.717, 1.165) is 22.4 Å². The van der Waals surface area contributed by atoms with Gasteiger partial charge >= 0.3 is 0 Å². The fraction of sp³-hybridized carbons (Fsp3) is 0.273. The van der Waals surface area contributed by atoms with Crippen molar-refractivity contribution in [2.24, 2.45) is 0 Å². The van der Waals surface area contributed by atoms with E-state index in [-0.39, 0.29) is 0 Å². The van der Waals surface area contributed by atoms with Crippen LogP contribution < -0.4 is 4.74 Å². The second-order valence-corrected chi connectivity index (χ2v) is 7.70. The number of aryl methyl sites for hydroxylation is 2. The standard InChI is InChI=1S/C22H24N2OS/c1-15(2)20-13-21(25-19-10-8-16(3)9-11-19)24-22(23-20)26-14-18-7-5-6-17(4)12-18/h5-13,15H,14H2,1-4H3. The van der Waals surface area contributed by atoms with Crippen LogP contribution in [0.2, 0.25) is 0 Å². The second kappa shape index (κ2) is 8.37. The third-order valence-electron chi connectivity index (χ3n) is 3.99. The molecule has 0 amide bonds. The zero-order valence-electron chi connectivity index (χ0n) is 15.7. The summed E-state index contributed by atoms with van der Waals surface area (Å²) in [6.45, 7) is 8.43. The molecular formula is C22H24N2OS. The second-order valence-electron chi connectivity index (χ2n) is 6.76. The molecule has 1 heterocycles. The summed E-state index contributed by atoms with van der Waals surface area (Å²) in [6.07, 6.45) is 0. The summed E-state index contributed by atoms with van der Waals surface area (Å²) < 4.78 is 5.97. The molecule has 0 aliphatic carbocycles. The van der Waals surface area contributed by atoms with Crippen LogP contribution >= 0.6 is 11.8 Å². The predicted octanol–water partition coefficient (Wildman–Crippen LogP) is 6.30. The van der Waals surface area contributed by atoms with Crippen LogP contribution in [0.15, 0.2) is 59.8 Å². The molecule has 0 fully saturated rings. The maximum absolute atomic E-state index is 5.97. The summed E-state index contributed by atoms with van der Waals surface area (Å²) in [5.74, 6) is 2.54. The highest BCUT2D eigenvalue weighted by molar-refractivity contribution is 7.98. The van der Waals surface area contributed by atoms with Crippen molar-refractivity contribution in [2.45, 2.75) is 44.5 Å². The summed E-state index contributed by atoms with van der Waals surface area (Å²) in [5, 5.41) is 0.750. The van der Waals surface area contributed by atoms with E-state index in [1.165, 1.54) is 16.7 Å². The van der Waals surface area contributed by atoms with Gasteiger partial charge < -0.3 is 4.74 Å². The zero-order chi connectivity index (χ0) is 18.5. The van der Waals surface area contributed by atoms with Crippen LogP contribution in [-0.4, -0.2) is 9.97 Å². The molecule has 134 valence electrons. The Hall–Kier alpha value is -2.33. The van der Waals surface area contributed by atoms with Gasteiger partial charge in [0, 0.05) is 11.8 Å². The summed E-state index contributed by atoms with van der Waals surface area (Å²) in [4.78, 5) is 9.30. The minimum Gasteiger partial charge on any atom is -0.439 e. The number of nitrogens with zero attached hydrogens (tertiary/aromatic N) is 2. The first-order chi connectivity index (χ1) is 12.5. The molecule has 1 aromatic heterocycles. The van der Waals surface area contributed by atoms with Gasteiger partial charge in [0.2, 0.25) is 5.88 Å². The third kappa shape index (κ3) is 5.09. The fourth-order valence-corrected chi connectivity index (χ4v) is 3.31. The van der Waals surface area contributed by atoms with Gasteiger partial charge in [-0.3, -0.25) is 0 Å². The molecule has 0 spiro atoms. The van der Waals surface area contributed by atoms with Crippen LogP contribution in [0, 0.1) is 13.8 Å². The van der Waals surface area contributed by atoms with Crippen LogP contribution in [0.3, 0.4) is 0 Å². The molecule has 3 aromatic rings. The normalized spacial score (nSPS) is 11.0. The molecule has 0 radical (unpaired) electrons. The van der Waals surface area contributed by atoms with Crippen molar-refractivity contribution in [3.63, 3.8) is 0 Å². The molecule has 4 heteroatoms. The first-order valence-corrected chi connectivity index (χ1v) is 9.80. The van der Waals surface area contributed by atoms with E-state index in [9.17, 15) is 0 Å². The van der Waals surface area contributed by atoms with Gasteiger partial charge in [-0.1, -0.05) is 73.1 Å². The summed E-state index contributed by atoms with van der Waals surface area (Å²) in [5.41, 5.74) is 4.74. The topological polar surface area (TPSA) is 35.0 Å². The van der Waals surface area contributed by atoms with Crippen LogP contribution in [0.1, 0.15) is 42.1 Å². The van der Waals surface area contributed by atoms with E-state index in [2.05, 4.69) is 56.9 Å². The van der Waals surface area contributed by atoms with E-state index in [4.69, 9.17) is 9.72 Å². The number of ether oxygens (including phenoxy) is 1. The predicted molar refractivity (Wildman–Crippen MR) is 108 cm³/mol. The Labute approximate surface area is 159 Å². The maximum Gasteiger partial charge on any atom is 0.223 e. The average molecular weight is 365 g/mol. The SMILES string of the molecule is Cc1ccc(Oc2cc(C(C)C)nc(SCc3cccc(C)c3)n2)cc1. The molecular weight excluding hydrogens is 340 g/mol. The largest absolute Gasteiger partial charge is 0.439 e. The summed E-state index contributed by atoms with van der Waals surface area (Å²) in [7, 11) is 0. The van der Waals surface area contributed by atoms with Crippen molar-refractivity contribution in [2.75, 3.05) is 0 Å². The summed E-state index contributed by atoms with van der Waals surface area (Å²) >= 11 is 1.64. The van der Waals surface area contributed by atoms with Crippen LogP contribution in [-0.2, 0) is 5.75 Å². The van der Waals surface area contributed by atoms with Crippen molar-refractivity contribution < 1.29 is 4.74 Å². The number of benzene rings is 2. The Morgan fingerprint density at radius 3 is 2.38 bits per heavy atom. The Morgan fingerprint density at radius 1 is 0.923 bits per heavy atom. The van der Waals surface area contributed by atoms with Gasteiger partial charge in [-0.15, -0.1) is 0 Å². The molecule has 2 aromatic carbocycles. The Bertz CT molecular complexity index is 876. The lowest BCUT2D eigenvalue weighted by Crippen LogP contribution is -2.00. The van der Waals surface area contributed by atoms with Crippen LogP contribution in [0.5, 0.6) is 11.6 Å². The van der Waals surface area contributed by atoms with E-state index in [1.807, 2.05) is 30.3 Å². The lowest BCUT2D eigenvalue weighted by atomic mass is 10.1. The molecule has 0 aliphatic heterocycles. The number of hydrogen-bond donors (Lipinski definition) is 0. The highest BCUT2D eigenvalue weighted by Crippen LogP contribution is 2.27. The number of aromatic nitrogens is 2. The van der Waals surface area contributed by atoms with Gasteiger partial charge in [0.1, 0.15) is 5.75 Å². The molecule has 3 rings (SSSR count). The van der Waals surface area contributed by atoms with E-state index in [1.54, 1.807) is 11.8 Å². The van der Waals surface area contributed by atoms with Gasteiger partial charge in [-0.05, 0) is 37.5 Å². The van der Waals surface area contributed by atoms with E-state index >= 15 is 0 Å². The molecule has 26 heavy (non-hydrogen) atoms. The first kappa shape index (κ1) is 18.5. The minimum absolute atomic E-state index is 0.316. The van der Waals surface area contributed by atoms with Crippen molar-refractivity contribution in [3.05, 3.63) is 77.0 Å². The fourth-order valence-electron chi connectivity index (χ4n) is 2.51. The smallest absolute Gasteiger partial charge is 0.223 e. The Kier molecular flexibility index (Phi) is 5.94. The molecule has 0 saturated heterocycles. The van der Waals surface area contributed by atoms with Gasteiger partial charge in [0.05, 0.1) is 5.69 Å². The number of hydrogen-bond acceptors (Lipinski definition) is 4. The van der Waals surface area contributed by atoms with Gasteiger partial charge in [-0.2, -0.15) is 4.98 Å². The summed E-state index contributed by atoms with van der Waals surface area (Å²) in [6, 6.07) is 18.5. The minimum atomic E-state index is 0.316. The zero-order valence-corrected chi connectivity index (χ0v) is 16.5. The molecule has 0 saturated carbocycles. The van der Waals surface area contributed by atoms with Gasteiger partial charge in [0.15, 0.2) is 5.16 Å². The third-order valence-corrected chi connectivity index (χ3v) is 4.91. The van der Waals surface area contributed by atoms with Crippen molar-refractivity contribution in [1.82, 2.24) is 9.97 Å². The van der Waals surface area contributed by atoms with Crippen LogP contribution in [0.25, 0.3) is 0 Å². The van der Waals surface area contributed by atoms with Gasteiger partial charge in [0.25, 0.3) is 0 Å². The average Bonchev–Trinajstić information content (AvgIpc) is 2.62. The molecule has 3 nitrogen and oxygen atoms in total. The first-order valence-electron chi connectivity index (χ1n) is 8.81. The molecule has 0 N–H and O–H groups in total. The lowest BCUT2D eigenvalue weighted by molar-refractivity contribution is 0.452. The maximum atomic E-state index is 5.97.